The first-order valence-corrected chi connectivity index (χ1v) is 6.81. The summed E-state index contributed by atoms with van der Waals surface area (Å²) >= 11 is 0. The van der Waals surface area contributed by atoms with Gasteiger partial charge in [0.05, 0.1) is 0 Å². The van der Waals surface area contributed by atoms with Crippen LogP contribution in [0.3, 0.4) is 0 Å². The van der Waals surface area contributed by atoms with Gasteiger partial charge in [0, 0.05) is 20.1 Å². The summed E-state index contributed by atoms with van der Waals surface area (Å²) in [7, 11) is 1.70. The van der Waals surface area contributed by atoms with Crippen molar-refractivity contribution in [3.05, 3.63) is 59.5 Å². The smallest absolute Gasteiger partial charge is 0.272 e. The van der Waals surface area contributed by atoms with E-state index in [9.17, 15) is 9.18 Å². The summed E-state index contributed by atoms with van der Waals surface area (Å²) in [6.07, 6.45) is 0. The fourth-order valence-electron chi connectivity index (χ4n) is 1.96. The molecule has 0 fully saturated rings. The van der Waals surface area contributed by atoms with Gasteiger partial charge in [0.1, 0.15) is 17.3 Å². The monoisotopic (exact) mass is 287 g/mol. The lowest BCUT2D eigenvalue weighted by Gasteiger charge is -2.17. The molecule has 0 spiro atoms. The molecular formula is C16H18FN3O. The molecule has 0 saturated carbocycles. The minimum absolute atomic E-state index is 0.168. The summed E-state index contributed by atoms with van der Waals surface area (Å²) in [5.41, 5.74) is 1.26. The average Bonchev–Trinajstić information content (AvgIpc) is 2.49. The minimum atomic E-state index is -0.285. The lowest BCUT2D eigenvalue weighted by atomic mass is 10.2. The predicted octanol–water partition coefficient (Wildman–Crippen LogP) is 2.92. The van der Waals surface area contributed by atoms with Crippen LogP contribution in [0.25, 0.3) is 0 Å². The summed E-state index contributed by atoms with van der Waals surface area (Å²) in [5, 5.41) is 3.07. The van der Waals surface area contributed by atoms with E-state index in [0.717, 1.165) is 12.1 Å². The molecular weight excluding hydrogens is 269 g/mol. The van der Waals surface area contributed by atoms with E-state index in [-0.39, 0.29) is 11.7 Å². The zero-order chi connectivity index (χ0) is 15.2. The molecule has 1 amide bonds. The normalized spacial score (nSPS) is 10.2. The van der Waals surface area contributed by atoms with Crippen molar-refractivity contribution in [2.24, 2.45) is 0 Å². The largest absolute Gasteiger partial charge is 0.370 e. The van der Waals surface area contributed by atoms with Crippen molar-refractivity contribution in [1.29, 1.82) is 0 Å². The Morgan fingerprint density at radius 1 is 1.24 bits per heavy atom. The van der Waals surface area contributed by atoms with Crippen molar-refractivity contribution >= 4 is 11.7 Å². The molecule has 1 aromatic heterocycles. The van der Waals surface area contributed by atoms with Gasteiger partial charge in [-0.1, -0.05) is 18.2 Å². The lowest BCUT2D eigenvalue weighted by molar-refractivity contribution is 0.0779. The van der Waals surface area contributed by atoms with Crippen LogP contribution >= 0.6 is 0 Å². The fraction of sp³-hybridized carbons (Fsp3) is 0.250. The second kappa shape index (κ2) is 6.83. The van der Waals surface area contributed by atoms with Crippen LogP contribution in [0.5, 0.6) is 0 Å². The van der Waals surface area contributed by atoms with Gasteiger partial charge in [-0.3, -0.25) is 4.79 Å². The highest BCUT2D eigenvalue weighted by atomic mass is 19.1. The quantitative estimate of drug-likeness (QED) is 0.919. The molecule has 1 N–H and O–H groups in total. The molecule has 2 rings (SSSR count). The minimum Gasteiger partial charge on any atom is -0.370 e. The summed E-state index contributed by atoms with van der Waals surface area (Å²) < 4.78 is 12.9. The Bertz CT molecular complexity index is 613. The van der Waals surface area contributed by atoms with E-state index in [1.165, 1.54) is 12.1 Å². The maximum absolute atomic E-state index is 12.9. The number of rotatable bonds is 5. The van der Waals surface area contributed by atoms with Crippen molar-refractivity contribution < 1.29 is 9.18 Å². The number of anilines is 1. The lowest BCUT2D eigenvalue weighted by Crippen LogP contribution is -2.27. The average molecular weight is 287 g/mol. The molecule has 0 bridgehead atoms. The van der Waals surface area contributed by atoms with Crippen LogP contribution in [0.2, 0.25) is 0 Å². The van der Waals surface area contributed by atoms with Crippen LogP contribution in [-0.4, -0.2) is 29.4 Å². The Labute approximate surface area is 123 Å². The van der Waals surface area contributed by atoms with Crippen LogP contribution in [-0.2, 0) is 6.54 Å². The fourth-order valence-corrected chi connectivity index (χ4v) is 1.96. The van der Waals surface area contributed by atoms with Gasteiger partial charge in [-0.2, -0.15) is 0 Å². The van der Waals surface area contributed by atoms with Crippen molar-refractivity contribution in [2.75, 3.05) is 18.9 Å². The first-order chi connectivity index (χ1) is 10.1. The number of aromatic nitrogens is 1. The molecule has 0 unspecified atom stereocenters. The number of amides is 1. The maximum atomic E-state index is 12.9. The molecule has 0 aliphatic carbocycles. The van der Waals surface area contributed by atoms with Gasteiger partial charge in [0.2, 0.25) is 0 Å². The van der Waals surface area contributed by atoms with E-state index in [1.807, 2.05) is 13.0 Å². The number of hydrogen-bond donors (Lipinski definition) is 1. The van der Waals surface area contributed by atoms with Gasteiger partial charge in [-0.15, -0.1) is 0 Å². The van der Waals surface area contributed by atoms with Crippen LogP contribution in [0, 0.1) is 5.82 Å². The Hall–Kier alpha value is -2.43. The van der Waals surface area contributed by atoms with Crippen LogP contribution in [0.15, 0.2) is 42.5 Å². The summed E-state index contributed by atoms with van der Waals surface area (Å²) in [6.45, 7) is 3.12. The zero-order valence-electron chi connectivity index (χ0n) is 12.1. The van der Waals surface area contributed by atoms with Crippen LogP contribution < -0.4 is 5.32 Å². The molecule has 1 heterocycles. The number of carbonyl (C=O) groups is 1. The Morgan fingerprint density at radius 2 is 1.95 bits per heavy atom. The Balaban J connectivity index is 2.08. The van der Waals surface area contributed by atoms with Gasteiger partial charge >= 0.3 is 0 Å². The van der Waals surface area contributed by atoms with Gasteiger partial charge in [-0.05, 0) is 36.8 Å². The number of carbonyl (C=O) groups excluding carboxylic acids is 1. The zero-order valence-corrected chi connectivity index (χ0v) is 12.1. The molecule has 5 heteroatoms. The van der Waals surface area contributed by atoms with Crippen molar-refractivity contribution in [3.63, 3.8) is 0 Å². The van der Waals surface area contributed by atoms with Gasteiger partial charge in [0.15, 0.2) is 0 Å². The second-order valence-corrected chi connectivity index (χ2v) is 4.73. The number of hydrogen-bond acceptors (Lipinski definition) is 3. The van der Waals surface area contributed by atoms with Crippen LogP contribution in [0.4, 0.5) is 10.2 Å². The van der Waals surface area contributed by atoms with Crippen LogP contribution in [0.1, 0.15) is 23.0 Å². The standard InChI is InChI=1S/C16H18FN3O/c1-3-18-15-6-4-5-14(19-15)16(21)20(2)11-12-7-9-13(17)10-8-12/h4-10H,3,11H2,1-2H3,(H,18,19). The molecule has 4 nitrogen and oxygen atoms in total. The summed E-state index contributed by atoms with van der Waals surface area (Å²) in [4.78, 5) is 18.2. The van der Waals surface area contributed by atoms with E-state index in [1.54, 1.807) is 36.2 Å². The molecule has 0 radical (unpaired) electrons. The Morgan fingerprint density at radius 3 is 2.62 bits per heavy atom. The third kappa shape index (κ3) is 4.02. The first kappa shape index (κ1) is 15.0. The molecule has 2 aromatic rings. The number of nitrogens with one attached hydrogen (secondary N) is 1. The predicted molar refractivity (Wildman–Crippen MR) is 80.6 cm³/mol. The van der Waals surface area contributed by atoms with E-state index in [4.69, 9.17) is 0 Å². The second-order valence-electron chi connectivity index (χ2n) is 4.73. The van der Waals surface area contributed by atoms with Gasteiger partial charge in [0.25, 0.3) is 5.91 Å². The molecule has 0 aliphatic heterocycles. The van der Waals surface area contributed by atoms with E-state index < -0.39 is 0 Å². The molecule has 0 atom stereocenters. The maximum Gasteiger partial charge on any atom is 0.272 e. The highest BCUT2D eigenvalue weighted by Gasteiger charge is 2.14. The van der Waals surface area contributed by atoms with Crippen molar-refractivity contribution in [2.45, 2.75) is 13.5 Å². The molecule has 21 heavy (non-hydrogen) atoms. The van der Waals surface area contributed by atoms with Crippen molar-refractivity contribution in [1.82, 2.24) is 9.88 Å². The highest BCUT2D eigenvalue weighted by Crippen LogP contribution is 2.10. The highest BCUT2D eigenvalue weighted by molar-refractivity contribution is 5.92. The molecule has 0 aliphatic rings. The van der Waals surface area contributed by atoms with E-state index in [2.05, 4.69) is 10.3 Å². The number of halogens is 1. The summed E-state index contributed by atoms with van der Waals surface area (Å²) in [5.74, 6) is 0.227. The third-order valence-electron chi connectivity index (χ3n) is 3.01. The SMILES string of the molecule is CCNc1cccc(C(=O)N(C)Cc2ccc(F)cc2)n1. The Kier molecular flexibility index (Phi) is 4.87. The molecule has 1 aromatic carbocycles. The molecule has 110 valence electrons. The number of pyridine rings is 1. The van der Waals surface area contributed by atoms with E-state index >= 15 is 0 Å². The summed E-state index contributed by atoms with van der Waals surface area (Å²) in [6, 6.07) is 11.4. The van der Waals surface area contributed by atoms with Gasteiger partial charge < -0.3 is 10.2 Å². The topological polar surface area (TPSA) is 45.2 Å². The number of nitrogens with zero attached hydrogens (tertiary/aromatic N) is 2. The van der Waals surface area contributed by atoms with E-state index in [0.29, 0.717) is 18.1 Å². The molecule has 0 saturated heterocycles. The number of benzene rings is 1. The third-order valence-corrected chi connectivity index (χ3v) is 3.01. The first-order valence-electron chi connectivity index (χ1n) is 6.81. The van der Waals surface area contributed by atoms with Crippen molar-refractivity contribution in [3.8, 4) is 0 Å². The van der Waals surface area contributed by atoms with Gasteiger partial charge in [-0.25, -0.2) is 9.37 Å².